The van der Waals surface area contributed by atoms with Crippen LogP contribution in [0.15, 0.2) is 30.5 Å². The molecule has 0 spiro atoms. The van der Waals surface area contributed by atoms with Gasteiger partial charge in [0, 0.05) is 0 Å². The van der Waals surface area contributed by atoms with E-state index in [2.05, 4.69) is 10.3 Å². The van der Waals surface area contributed by atoms with Gasteiger partial charge in [-0.3, -0.25) is 19.3 Å². The normalized spacial score (nSPS) is 13.6. The van der Waals surface area contributed by atoms with Crippen molar-refractivity contribution in [3.05, 3.63) is 47.3 Å². The minimum atomic E-state index is -1.05. The first kappa shape index (κ1) is 13.0. The zero-order chi connectivity index (χ0) is 15.0. The molecule has 1 aromatic carbocycles. The van der Waals surface area contributed by atoms with Crippen molar-refractivity contribution in [2.75, 3.05) is 0 Å². The topological polar surface area (TPSA) is 105 Å². The Morgan fingerprint density at radius 3 is 2.33 bits per heavy atom. The number of carboxylic acid groups (broad SMARTS) is 1. The van der Waals surface area contributed by atoms with E-state index in [4.69, 9.17) is 5.11 Å². The Morgan fingerprint density at radius 1 is 1.14 bits per heavy atom. The molecule has 0 saturated heterocycles. The van der Waals surface area contributed by atoms with Gasteiger partial charge in [0.05, 0.1) is 23.9 Å². The summed E-state index contributed by atoms with van der Waals surface area (Å²) in [5.74, 6) is -1.82. The summed E-state index contributed by atoms with van der Waals surface area (Å²) in [6.45, 7) is -0.360. The average molecular weight is 286 g/mol. The first-order valence-corrected chi connectivity index (χ1v) is 6.12. The molecule has 21 heavy (non-hydrogen) atoms. The lowest BCUT2D eigenvalue weighted by molar-refractivity contribution is -0.137. The summed E-state index contributed by atoms with van der Waals surface area (Å²) < 4.78 is 1.13. The quantitative estimate of drug-likeness (QED) is 0.802. The molecule has 3 rings (SSSR count). The van der Waals surface area contributed by atoms with Crippen molar-refractivity contribution in [2.24, 2.45) is 0 Å². The molecule has 0 fully saturated rings. The smallest absolute Gasteiger partial charge is 0.325 e. The lowest BCUT2D eigenvalue weighted by Crippen LogP contribution is -2.29. The SMILES string of the molecule is O=C(O)Cn1cc(CN2C(=O)c3ccccc3C2=O)nn1. The highest BCUT2D eigenvalue weighted by atomic mass is 16.4. The molecule has 2 aromatic rings. The Kier molecular flexibility index (Phi) is 2.98. The van der Waals surface area contributed by atoms with E-state index in [9.17, 15) is 14.4 Å². The first-order chi connectivity index (χ1) is 10.1. The van der Waals surface area contributed by atoms with E-state index in [1.165, 1.54) is 6.20 Å². The van der Waals surface area contributed by atoms with E-state index in [1.807, 2.05) is 0 Å². The maximum Gasteiger partial charge on any atom is 0.325 e. The summed E-state index contributed by atoms with van der Waals surface area (Å²) in [5, 5.41) is 16.1. The largest absolute Gasteiger partial charge is 0.480 e. The third kappa shape index (κ3) is 2.27. The fourth-order valence-electron chi connectivity index (χ4n) is 2.17. The van der Waals surface area contributed by atoms with Crippen LogP contribution in [-0.4, -0.2) is 42.8 Å². The van der Waals surface area contributed by atoms with Gasteiger partial charge in [-0.15, -0.1) is 5.10 Å². The maximum atomic E-state index is 12.2. The fraction of sp³-hybridized carbons (Fsp3) is 0.154. The average Bonchev–Trinajstić information content (AvgIpc) is 2.98. The first-order valence-electron chi connectivity index (χ1n) is 6.12. The molecule has 1 N–H and O–H groups in total. The number of benzene rings is 1. The molecule has 0 unspecified atom stereocenters. The molecular formula is C13H10N4O4. The predicted octanol–water partition coefficient (Wildman–Crippen LogP) is 0.159. The maximum absolute atomic E-state index is 12.2. The third-order valence-corrected chi connectivity index (χ3v) is 3.08. The molecule has 1 aromatic heterocycles. The van der Waals surface area contributed by atoms with Gasteiger partial charge in [0.1, 0.15) is 12.2 Å². The monoisotopic (exact) mass is 286 g/mol. The van der Waals surface area contributed by atoms with Gasteiger partial charge in [-0.2, -0.15) is 0 Å². The van der Waals surface area contributed by atoms with E-state index in [0.29, 0.717) is 16.8 Å². The number of amides is 2. The number of aliphatic carboxylic acids is 1. The van der Waals surface area contributed by atoms with E-state index in [-0.39, 0.29) is 24.9 Å². The van der Waals surface area contributed by atoms with Crippen LogP contribution in [0.25, 0.3) is 0 Å². The molecule has 2 amide bonds. The van der Waals surface area contributed by atoms with Crippen molar-refractivity contribution in [2.45, 2.75) is 13.1 Å². The summed E-state index contributed by atoms with van der Waals surface area (Å²) in [7, 11) is 0. The summed E-state index contributed by atoms with van der Waals surface area (Å²) in [6.07, 6.45) is 1.40. The molecule has 0 atom stereocenters. The lowest BCUT2D eigenvalue weighted by atomic mass is 10.1. The molecule has 0 saturated carbocycles. The number of fused-ring (bicyclic) bond motifs is 1. The van der Waals surface area contributed by atoms with E-state index in [0.717, 1.165) is 9.58 Å². The van der Waals surface area contributed by atoms with Gasteiger partial charge >= 0.3 is 5.97 Å². The number of aromatic nitrogens is 3. The van der Waals surface area contributed by atoms with Gasteiger partial charge in [0.25, 0.3) is 11.8 Å². The summed E-state index contributed by atoms with van der Waals surface area (Å²) in [4.78, 5) is 35.9. The minimum absolute atomic E-state index is 0.0357. The molecule has 0 bridgehead atoms. The number of hydrogen-bond donors (Lipinski definition) is 1. The second-order valence-electron chi connectivity index (χ2n) is 4.54. The van der Waals surface area contributed by atoms with Crippen molar-refractivity contribution < 1.29 is 19.5 Å². The van der Waals surface area contributed by atoms with Crippen LogP contribution >= 0.6 is 0 Å². The highest BCUT2D eigenvalue weighted by molar-refractivity contribution is 6.21. The van der Waals surface area contributed by atoms with Crippen LogP contribution in [0, 0.1) is 0 Å². The minimum Gasteiger partial charge on any atom is -0.480 e. The number of imide groups is 1. The van der Waals surface area contributed by atoms with Gasteiger partial charge in [0.15, 0.2) is 0 Å². The number of hydrogen-bond acceptors (Lipinski definition) is 5. The van der Waals surface area contributed by atoms with Crippen molar-refractivity contribution in [3.8, 4) is 0 Å². The molecule has 0 radical (unpaired) electrons. The molecule has 1 aliphatic rings. The number of carbonyl (C=O) groups is 3. The summed E-state index contributed by atoms with van der Waals surface area (Å²) in [6, 6.07) is 6.57. The third-order valence-electron chi connectivity index (χ3n) is 3.08. The highest BCUT2D eigenvalue weighted by Gasteiger charge is 2.35. The van der Waals surface area contributed by atoms with Crippen LogP contribution < -0.4 is 0 Å². The van der Waals surface area contributed by atoms with Gasteiger partial charge in [-0.1, -0.05) is 17.3 Å². The Morgan fingerprint density at radius 2 is 1.76 bits per heavy atom. The molecule has 0 aliphatic carbocycles. The van der Waals surface area contributed by atoms with Gasteiger partial charge in [-0.05, 0) is 12.1 Å². The Labute approximate surface area is 118 Å². The van der Waals surface area contributed by atoms with Crippen LogP contribution in [0.5, 0.6) is 0 Å². The molecule has 8 nitrogen and oxygen atoms in total. The van der Waals surface area contributed by atoms with Gasteiger partial charge in [0.2, 0.25) is 0 Å². The standard InChI is InChI=1S/C13H10N4O4/c18-11(19)7-16-5-8(14-15-16)6-17-12(20)9-3-1-2-4-10(9)13(17)21/h1-5H,6-7H2,(H,18,19). The van der Waals surface area contributed by atoms with Crippen LogP contribution in [0.3, 0.4) is 0 Å². The van der Waals surface area contributed by atoms with Crippen molar-refractivity contribution in [3.63, 3.8) is 0 Å². The lowest BCUT2D eigenvalue weighted by Gasteiger charge is -2.10. The molecular weight excluding hydrogens is 276 g/mol. The van der Waals surface area contributed by atoms with E-state index < -0.39 is 5.97 Å². The van der Waals surface area contributed by atoms with Gasteiger partial charge in [-0.25, -0.2) is 4.68 Å². The summed E-state index contributed by atoms with van der Waals surface area (Å²) >= 11 is 0. The van der Waals surface area contributed by atoms with Crippen LogP contribution in [-0.2, 0) is 17.9 Å². The summed E-state index contributed by atoms with van der Waals surface area (Å²) in [5.41, 5.74) is 1.08. The zero-order valence-electron chi connectivity index (χ0n) is 10.8. The number of carbonyl (C=O) groups excluding carboxylic acids is 2. The van der Waals surface area contributed by atoms with Crippen LogP contribution in [0.2, 0.25) is 0 Å². The van der Waals surface area contributed by atoms with Crippen molar-refractivity contribution >= 4 is 17.8 Å². The second-order valence-corrected chi connectivity index (χ2v) is 4.54. The van der Waals surface area contributed by atoms with Crippen molar-refractivity contribution in [1.29, 1.82) is 0 Å². The molecule has 106 valence electrons. The van der Waals surface area contributed by atoms with E-state index in [1.54, 1.807) is 24.3 Å². The van der Waals surface area contributed by atoms with Crippen molar-refractivity contribution in [1.82, 2.24) is 19.9 Å². The Balaban J connectivity index is 1.80. The number of nitrogens with zero attached hydrogens (tertiary/aromatic N) is 4. The zero-order valence-corrected chi connectivity index (χ0v) is 10.8. The molecule has 1 aliphatic heterocycles. The predicted molar refractivity (Wildman–Crippen MR) is 68.3 cm³/mol. The fourth-order valence-corrected chi connectivity index (χ4v) is 2.17. The van der Waals surface area contributed by atoms with Gasteiger partial charge < -0.3 is 5.11 Å². The van der Waals surface area contributed by atoms with E-state index >= 15 is 0 Å². The Bertz CT molecular complexity index is 717. The molecule has 2 heterocycles. The molecule has 8 heteroatoms. The number of carboxylic acids is 1. The Hall–Kier alpha value is -3.03. The van der Waals surface area contributed by atoms with Crippen LogP contribution in [0.1, 0.15) is 26.4 Å². The second kappa shape index (κ2) is 4.82. The van der Waals surface area contributed by atoms with Crippen LogP contribution in [0.4, 0.5) is 0 Å². The highest BCUT2D eigenvalue weighted by Crippen LogP contribution is 2.23. The number of rotatable bonds is 4.